The predicted molar refractivity (Wildman–Crippen MR) is 91.9 cm³/mol. The Labute approximate surface area is 142 Å². The van der Waals surface area contributed by atoms with Gasteiger partial charge in [0.25, 0.3) is 5.91 Å². The molecule has 132 valence electrons. The molecule has 0 aliphatic heterocycles. The van der Waals surface area contributed by atoms with Gasteiger partial charge in [0, 0.05) is 17.3 Å². The third-order valence-corrected chi connectivity index (χ3v) is 3.53. The number of anilines is 1. The first-order valence-electron chi connectivity index (χ1n) is 7.80. The van der Waals surface area contributed by atoms with Crippen LogP contribution in [0, 0.1) is 0 Å². The smallest absolute Gasteiger partial charge is 0.331 e. The van der Waals surface area contributed by atoms with E-state index in [4.69, 9.17) is 4.74 Å². The SMILES string of the molecule is CC[C@@](C)(NC(=O)c1cccc(NC(=O)NC(C)C)c1)C(=O)OC. The van der Waals surface area contributed by atoms with E-state index < -0.39 is 17.4 Å². The Kier molecular flexibility index (Phi) is 6.76. The van der Waals surface area contributed by atoms with Crippen molar-refractivity contribution in [3.8, 4) is 0 Å². The maximum Gasteiger partial charge on any atom is 0.331 e. The van der Waals surface area contributed by atoms with E-state index in [1.54, 1.807) is 38.1 Å². The molecule has 0 unspecified atom stereocenters. The van der Waals surface area contributed by atoms with Gasteiger partial charge in [0.2, 0.25) is 0 Å². The van der Waals surface area contributed by atoms with Gasteiger partial charge in [0.05, 0.1) is 7.11 Å². The van der Waals surface area contributed by atoms with Crippen LogP contribution in [0.2, 0.25) is 0 Å². The number of ether oxygens (including phenoxy) is 1. The molecule has 0 saturated carbocycles. The quantitative estimate of drug-likeness (QED) is 0.695. The van der Waals surface area contributed by atoms with Crippen molar-refractivity contribution < 1.29 is 19.1 Å². The van der Waals surface area contributed by atoms with Crippen molar-refractivity contribution >= 4 is 23.6 Å². The van der Waals surface area contributed by atoms with Crippen LogP contribution in [-0.2, 0) is 9.53 Å². The second kappa shape index (κ2) is 8.33. The van der Waals surface area contributed by atoms with E-state index in [0.717, 1.165) is 0 Å². The van der Waals surface area contributed by atoms with Crippen LogP contribution in [0.4, 0.5) is 10.5 Å². The Morgan fingerprint density at radius 1 is 1.25 bits per heavy atom. The molecule has 3 amide bonds. The summed E-state index contributed by atoms with van der Waals surface area (Å²) in [6.45, 7) is 7.09. The van der Waals surface area contributed by atoms with Gasteiger partial charge in [-0.3, -0.25) is 4.79 Å². The minimum Gasteiger partial charge on any atom is -0.467 e. The molecule has 0 aliphatic rings. The molecule has 0 spiro atoms. The first kappa shape index (κ1) is 19.5. The van der Waals surface area contributed by atoms with Gasteiger partial charge in [-0.05, 0) is 45.4 Å². The molecule has 0 fully saturated rings. The van der Waals surface area contributed by atoms with Crippen LogP contribution in [0.1, 0.15) is 44.5 Å². The van der Waals surface area contributed by atoms with Crippen LogP contribution in [-0.4, -0.2) is 36.6 Å². The second-order valence-corrected chi connectivity index (χ2v) is 5.97. The molecule has 0 aromatic heterocycles. The number of carbonyl (C=O) groups is 3. The number of methoxy groups -OCH3 is 1. The van der Waals surface area contributed by atoms with E-state index in [2.05, 4.69) is 16.0 Å². The van der Waals surface area contributed by atoms with Crippen molar-refractivity contribution in [1.29, 1.82) is 0 Å². The van der Waals surface area contributed by atoms with Gasteiger partial charge in [-0.25, -0.2) is 9.59 Å². The van der Waals surface area contributed by atoms with Gasteiger partial charge in [0.15, 0.2) is 0 Å². The number of urea groups is 1. The van der Waals surface area contributed by atoms with Gasteiger partial charge in [-0.15, -0.1) is 0 Å². The Bertz CT molecular complexity index is 616. The zero-order chi connectivity index (χ0) is 18.3. The zero-order valence-electron chi connectivity index (χ0n) is 14.7. The highest BCUT2D eigenvalue weighted by Gasteiger charge is 2.34. The summed E-state index contributed by atoms with van der Waals surface area (Å²) in [5.41, 5.74) is -0.289. The van der Waals surface area contributed by atoms with Gasteiger partial charge >= 0.3 is 12.0 Å². The van der Waals surface area contributed by atoms with Crippen LogP contribution in [0.25, 0.3) is 0 Å². The molecule has 1 rings (SSSR count). The number of nitrogens with one attached hydrogen (secondary N) is 3. The van der Waals surface area contributed by atoms with Crippen molar-refractivity contribution in [3.63, 3.8) is 0 Å². The number of esters is 1. The van der Waals surface area contributed by atoms with Gasteiger partial charge in [-0.2, -0.15) is 0 Å². The zero-order valence-corrected chi connectivity index (χ0v) is 14.7. The third-order valence-electron chi connectivity index (χ3n) is 3.53. The Morgan fingerprint density at radius 3 is 2.46 bits per heavy atom. The molecule has 0 heterocycles. The lowest BCUT2D eigenvalue weighted by atomic mass is 9.98. The molecule has 1 aromatic rings. The van der Waals surface area contributed by atoms with Crippen LogP contribution < -0.4 is 16.0 Å². The van der Waals surface area contributed by atoms with Crippen molar-refractivity contribution in [2.45, 2.75) is 45.7 Å². The highest BCUT2D eigenvalue weighted by molar-refractivity contribution is 5.99. The second-order valence-electron chi connectivity index (χ2n) is 5.97. The van der Waals surface area contributed by atoms with Gasteiger partial charge in [-0.1, -0.05) is 13.0 Å². The summed E-state index contributed by atoms with van der Waals surface area (Å²) < 4.78 is 4.74. The van der Waals surface area contributed by atoms with Crippen LogP contribution in [0.15, 0.2) is 24.3 Å². The van der Waals surface area contributed by atoms with Crippen molar-refractivity contribution in [3.05, 3.63) is 29.8 Å². The fourth-order valence-corrected chi connectivity index (χ4v) is 2.00. The Morgan fingerprint density at radius 2 is 1.92 bits per heavy atom. The molecular formula is C17H25N3O4. The molecule has 3 N–H and O–H groups in total. The van der Waals surface area contributed by atoms with E-state index >= 15 is 0 Å². The molecule has 1 aromatic carbocycles. The van der Waals surface area contributed by atoms with Crippen molar-refractivity contribution in [2.75, 3.05) is 12.4 Å². The molecule has 7 heteroatoms. The summed E-state index contributed by atoms with van der Waals surface area (Å²) in [6, 6.07) is 6.13. The minimum absolute atomic E-state index is 0.00167. The largest absolute Gasteiger partial charge is 0.467 e. The predicted octanol–water partition coefficient (Wildman–Crippen LogP) is 2.29. The average molecular weight is 335 g/mol. The lowest BCUT2D eigenvalue weighted by Crippen LogP contribution is -2.52. The Hall–Kier alpha value is -2.57. The van der Waals surface area contributed by atoms with Crippen molar-refractivity contribution in [2.24, 2.45) is 0 Å². The van der Waals surface area contributed by atoms with E-state index in [0.29, 0.717) is 17.7 Å². The molecule has 0 radical (unpaired) electrons. The first-order chi connectivity index (χ1) is 11.2. The number of amides is 3. The van der Waals surface area contributed by atoms with E-state index in [1.165, 1.54) is 7.11 Å². The minimum atomic E-state index is -1.11. The average Bonchev–Trinajstić information content (AvgIpc) is 2.53. The number of carbonyl (C=O) groups excluding carboxylic acids is 3. The van der Waals surface area contributed by atoms with Gasteiger partial charge in [0.1, 0.15) is 5.54 Å². The maximum absolute atomic E-state index is 12.4. The molecule has 24 heavy (non-hydrogen) atoms. The summed E-state index contributed by atoms with van der Waals surface area (Å²) in [5, 5.41) is 8.04. The first-order valence-corrected chi connectivity index (χ1v) is 7.80. The van der Waals surface area contributed by atoms with Crippen LogP contribution in [0.3, 0.4) is 0 Å². The lowest BCUT2D eigenvalue weighted by molar-refractivity contribution is -0.147. The molecule has 0 saturated heterocycles. The van der Waals surface area contributed by atoms with Crippen LogP contribution >= 0.6 is 0 Å². The summed E-state index contributed by atoms with van der Waals surface area (Å²) >= 11 is 0. The van der Waals surface area contributed by atoms with Gasteiger partial charge < -0.3 is 20.7 Å². The fourth-order valence-electron chi connectivity index (χ4n) is 2.00. The number of benzene rings is 1. The van der Waals surface area contributed by atoms with E-state index in [-0.39, 0.29) is 12.1 Å². The normalized spacial score (nSPS) is 12.9. The number of rotatable bonds is 6. The van der Waals surface area contributed by atoms with E-state index in [9.17, 15) is 14.4 Å². The highest BCUT2D eigenvalue weighted by atomic mass is 16.5. The fraction of sp³-hybridized carbons (Fsp3) is 0.471. The summed E-state index contributed by atoms with van der Waals surface area (Å²) in [5.74, 6) is -0.929. The lowest BCUT2D eigenvalue weighted by Gasteiger charge is -2.26. The Balaban J connectivity index is 2.87. The molecular weight excluding hydrogens is 310 g/mol. The summed E-state index contributed by atoms with van der Waals surface area (Å²) in [7, 11) is 1.28. The van der Waals surface area contributed by atoms with E-state index in [1.807, 2.05) is 13.8 Å². The highest BCUT2D eigenvalue weighted by Crippen LogP contribution is 2.15. The van der Waals surface area contributed by atoms with Crippen LogP contribution in [0.5, 0.6) is 0 Å². The molecule has 0 bridgehead atoms. The third kappa shape index (κ3) is 5.26. The molecule has 1 atom stereocenters. The monoisotopic (exact) mass is 335 g/mol. The summed E-state index contributed by atoms with van der Waals surface area (Å²) in [6.07, 6.45) is 0.389. The number of hydrogen-bond acceptors (Lipinski definition) is 4. The standard InChI is InChI=1S/C17H25N3O4/c1-6-17(4,15(22)24-5)20-14(21)12-8-7-9-13(10-12)19-16(23)18-11(2)3/h7-11H,6H2,1-5H3,(H,20,21)(H2,18,19,23)/t17-/m1/s1. The summed E-state index contributed by atoms with van der Waals surface area (Å²) in [4.78, 5) is 36.0. The molecule has 0 aliphatic carbocycles. The van der Waals surface area contributed by atoms with Crippen molar-refractivity contribution in [1.82, 2.24) is 10.6 Å². The number of hydrogen-bond donors (Lipinski definition) is 3. The topological polar surface area (TPSA) is 96.5 Å². The molecule has 7 nitrogen and oxygen atoms in total. The maximum atomic E-state index is 12.4.